The van der Waals surface area contributed by atoms with Gasteiger partial charge in [0, 0.05) is 32.2 Å². The SMILES string of the molecule is CN1CCC(O)Cn2c(c3c(c(O)c2=O)C(=O)N(Cc2ccc(F)c(Cl)c2)CC3)C1=O. The number of pyridine rings is 1. The Bertz CT molecular complexity index is 1150. The van der Waals surface area contributed by atoms with E-state index in [1.165, 1.54) is 28.0 Å². The number of aromatic hydroxyl groups is 1. The summed E-state index contributed by atoms with van der Waals surface area (Å²) in [7, 11) is 1.56. The lowest BCUT2D eigenvalue weighted by Crippen LogP contribution is -2.45. The van der Waals surface area contributed by atoms with Crippen molar-refractivity contribution >= 4 is 23.4 Å². The molecular weight excluding hydrogens is 429 g/mol. The maximum Gasteiger partial charge on any atom is 0.294 e. The number of carbonyl (C=O) groups is 2. The van der Waals surface area contributed by atoms with Crippen molar-refractivity contribution in [1.29, 1.82) is 0 Å². The zero-order valence-electron chi connectivity index (χ0n) is 16.8. The van der Waals surface area contributed by atoms with Gasteiger partial charge in [-0.2, -0.15) is 0 Å². The monoisotopic (exact) mass is 449 g/mol. The fraction of sp³-hybridized carbons (Fsp3) is 0.381. The van der Waals surface area contributed by atoms with Crippen LogP contribution in [0.25, 0.3) is 0 Å². The van der Waals surface area contributed by atoms with Crippen molar-refractivity contribution in [3.05, 3.63) is 61.8 Å². The molecule has 0 saturated carbocycles. The molecule has 8 nitrogen and oxygen atoms in total. The van der Waals surface area contributed by atoms with E-state index in [0.717, 1.165) is 4.57 Å². The molecule has 4 rings (SSSR count). The summed E-state index contributed by atoms with van der Waals surface area (Å²) >= 11 is 5.82. The van der Waals surface area contributed by atoms with Gasteiger partial charge in [-0.15, -0.1) is 0 Å². The second kappa shape index (κ2) is 7.97. The van der Waals surface area contributed by atoms with Gasteiger partial charge in [-0.25, -0.2) is 4.39 Å². The predicted molar refractivity (Wildman–Crippen MR) is 110 cm³/mol. The van der Waals surface area contributed by atoms with Crippen LogP contribution in [-0.2, 0) is 19.5 Å². The average Bonchev–Trinajstić information content (AvgIpc) is 2.73. The lowest BCUT2D eigenvalue weighted by Gasteiger charge is -2.33. The first-order chi connectivity index (χ1) is 14.7. The van der Waals surface area contributed by atoms with Gasteiger partial charge in [0.1, 0.15) is 11.5 Å². The fourth-order valence-corrected chi connectivity index (χ4v) is 4.30. The molecule has 1 atom stereocenters. The van der Waals surface area contributed by atoms with Crippen LogP contribution >= 0.6 is 11.6 Å². The third-order valence-electron chi connectivity index (χ3n) is 5.77. The normalized spacial score (nSPS) is 19.0. The molecule has 1 aromatic heterocycles. The standard InChI is InChI=1S/C21H21ClFN3O5/c1-24-6-4-12(27)10-26-17(20(24)30)13-5-7-25(19(29)16(13)18(28)21(26)31)9-11-2-3-15(23)14(22)8-11/h2-3,8,12,27-28H,4-7,9-10H2,1H3. The van der Waals surface area contributed by atoms with Gasteiger partial charge >= 0.3 is 0 Å². The van der Waals surface area contributed by atoms with Gasteiger partial charge in [-0.1, -0.05) is 17.7 Å². The first kappa shape index (κ1) is 21.3. The minimum Gasteiger partial charge on any atom is -0.502 e. The highest BCUT2D eigenvalue weighted by Gasteiger charge is 2.36. The Balaban J connectivity index is 1.79. The van der Waals surface area contributed by atoms with E-state index in [2.05, 4.69) is 0 Å². The lowest BCUT2D eigenvalue weighted by molar-refractivity contribution is 0.0677. The Morgan fingerprint density at radius 1 is 1.19 bits per heavy atom. The van der Waals surface area contributed by atoms with E-state index in [-0.39, 0.29) is 42.3 Å². The average molecular weight is 450 g/mol. The number of rotatable bonds is 2. The second-order valence-electron chi connectivity index (χ2n) is 7.86. The van der Waals surface area contributed by atoms with Crippen LogP contribution in [0.4, 0.5) is 4.39 Å². The smallest absolute Gasteiger partial charge is 0.294 e. The molecule has 1 unspecified atom stereocenters. The third kappa shape index (κ3) is 3.68. The summed E-state index contributed by atoms with van der Waals surface area (Å²) in [6.45, 7) is 0.490. The highest BCUT2D eigenvalue weighted by atomic mass is 35.5. The van der Waals surface area contributed by atoms with E-state index in [1.54, 1.807) is 7.05 Å². The van der Waals surface area contributed by atoms with Crippen molar-refractivity contribution in [3.8, 4) is 5.75 Å². The summed E-state index contributed by atoms with van der Waals surface area (Å²) < 4.78 is 14.5. The van der Waals surface area contributed by atoms with Gasteiger partial charge in [0.05, 0.1) is 23.2 Å². The van der Waals surface area contributed by atoms with Gasteiger partial charge in [-0.3, -0.25) is 19.0 Å². The Labute approximate surface area is 182 Å². The first-order valence-electron chi connectivity index (χ1n) is 9.84. The summed E-state index contributed by atoms with van der Waals surface area (Å²) in [5.41, 5.74) is -0.188. The van der Waals surface area contributed by atoms with E-state index in [1.807, 2.05) is 0 Å². The molecule has 3 heterocycles. The summed E-state index contributed by atoms with van der Waals surface area (Å²) in [4.78, 5) is 41.8. The van der Waals surface area contributed by atoms with Crippen LogP contribution in [0.3, 0.4) is 0 Å². The molecule has 0 radical (unpaired) electrons. The molecular formula is C21H21ClFN3O5. The van der Waals surface area contributed by atoms with Gasteiger partial charge < -0.3 is 20.0 Å². The van der Waals surface area contributed by atoms with Gasteiger partial charge in [0.15, 0.2) is 5.75 Å². The maximum atomic E-state index is 13.4. The Hall–Kier alpha value is -2.91. The Kier molecular flexibility index (Phi) is 5.49. The van der Waals surface area contributed by atoms with E-state index >= 15 is 0 Å². The molecule has 0 aliphatic carbocycles. The molecule has 2 aliphatic rings. The molecule has 10 heteroatoms. The second-order valence-corrected chi connectivity index (χ2v) is 8.27. The third-order valence-corrected chi connectivity index (χ3v) is 6.06. The van der Waals surface area contributed by atoms with E-state index in [0.29, 0.717) is 24.1 Å². The summed E-state index contributed by atoms with van der Waals surface area (Å²) in [6, 6.07) is 4.11. The van der Waals surface area contributed by atoms with Crippen molar-refractivity contribution in [2.45, 2.75) is 32.0 Å². The predicted octanol–water partition coefficient (Wildman–Crippen LogP) is 1.38. The molecule has 164 valence electrons. The van der Waals surface area contributed by atoms with Crippen molar-refractivity contribution in [1.82, 2.24) is 14.4 Å². The molecule has 0 saturated heterocycles. The number of hydrogen-bond acceptors (Lipinski definition) is 5. The van der Waals surface area contributed by atoms with E-state index in [4.69, 9.17) is 11.6 Å². The number of hydrogen-bond donors (Lipinski definition) is 2. The van der Waals surface area contributed by atoms with Crippen LogP contribution in [0.2, 0.25) is 5.02 Å². The summed E-state index contributed by atoms with van der Waals surface area (Å²) in [5.74, 6) is -2.35. The van der Waals surface area contributed by atoms with E-state index in [9.17, 15) is 29.0 Å². The number of amides is 2. The number of carbonyl (C=O) groups excluding carboxylic acids is 2. The molecule has 0 fully saturated rings. The largest absolute Gasteiger partial charge is 0.502 e. The topological polar surface area (TPSA) is 103 Å². The number of aliphatic hydroxyl groups excluding tert-OH is 1. The van der Waals surface area contributed by atoms with Crippen LogP contribution in [0.15, 0.2) is 23.0 Å². The van der Waals surface area contributed by atoms with Gasteiger partial charge in [0.2, 0.25) is 0 Å². The number of nitrogens with zero attached hydrogens (tertiary/aromatic N) is 3. The molecule has 2 amide bonds. The van der Waals surface area contributed by atoms with Crippen molar-refractivity contribution < 1.29 is 24.2 Å². The minimum atomic E-state index is -0.892. The number of benzene rings is 1. The van der Waals surface area contributed by atoms with Crippen LogP contribution < -0.4 is 5.56 Å². The lowest BCUT2D eigenvalue weighted by atomic mass is 9.94. The zero-order chi connectivity index (χ0) is 22.4. The highest BCUT2D eigenvalue weighted by Crippen LogP contribution is 2.30. The highest BCUT2D eigenvalue weighted by molar-refractivity contribution is 6.30. The zero-order valence-corrected chi connectivity index (χ0v) is 17.5. The molecule has 0 bridgehead atoms. The number of fused-ring (bicyclic) bond motifs is 3. The van der Waals surface area contributed by atoms with Gasteiger partial charge in [0.25, 0.3) is 17.4 Å². The summed E-state index contributed by atoms with van der Waals surface area (Å²) in [6.07, 6.45) is -0.350. The molecule has 1 aromatic carbocycles. The molecule has 2 aromatic rings. The van der Waals surface area contributed by atoms with E-state index < -0.39 is 35.0 Å². The van der Waals surface area contributed by atoms with Crippen LogP contribution in [0.1, 0.15) is 38.4 Å². The Morgan fingerprint density at radius 3 is 2.65 bits per heavy atom. The fourth-order valence-electron chi connectivity index (χ4n) is 4.10. The molecule has 2 aliphatic heterocycles. The Morgan fingerprint density at radius 2 is 1.94 bits per heavy atom. The number of aromatic nitrogens is 1. The molecule has 2 N–H and O–H groups in total. The van der Waals surface area contributed by atoms with Crippen LogP contribution in [0.5, 0.6) is 5.75 Å². The van der Waals surface area contributed by atoms with Crippen molar-refractivity contribution in [2.24, 2.45) is 0 Å². The minimum absolute atomic E-state index is 0.0249. The molecule has 31 heavy (non-hydrogen) atoms. The maximum absolute atomic E-state index is 13.4. The van der Waals surface area contributed by atoms with Crippen molar-refractivity contribution in [3.63, 3.8) is 0 Å². The first-order valence-corrected chi connectivity index (χ1v) is 10.2. The molecule has 0 spiro atoms. The van der Waals surface area contributed by atoms with Crippen LogP contribution in [0, 0.1) is 5.82 Å². The number of aliphatic hydroxyl groups is 1. The van der Waals surface area contributed by atoms with Crippen LogP contribution in [-0.4, -0.2) is 62.6 Å². The quantitative estimate of drug-likeness (QED) is 0.721. The van der Waals surface area contributed by atoms with Crippen molar-refractivity contribution in [2.75, 3.05) is 20.1 Å². The number of halogens is 2. The van der Waals surface area contributed by atoms with Gasteiger partial charge in [-0.05, 0) is 30.5 Å². The summed E-state index contributed by atoms with van der Waals surface area (Å²) in [5, 5.41) is 20.7.